The van der Waals surface area contributed by atoms with E-state index >= 15 is 0 Å². The number of hydrogen-bond acceptors (Lipinski definition) is 2. The normalized spacial score (nSPS) is 20.1. The fraction of sp³-hybridized carbons (Fsp3) is 0.692. The smallest absolute Gasteiger partial charge is 0.0650 e. The Morgan fingerprint density at radius 3 is 2.87 bits per heavy atom. The molecule has 0 fully saturated rings. The third kappa shape index (κ3) is 2.04. The van der Waals surface area contributed by atoms with Crippen molar-refractivity contribution < 1.29 is 0 Å². The highest BCUT2D eigenvalue weighted by Gasteiger charge is 2.20. The van der Waals surface area contributed by atoms with Gasteiger partial charge in [0.1, 0.15) is 0 Å². The van der Waals surface area contributed by atoms with Gasteiger partial charge in [-0.3, -0.25) is 9.97 Å². The molecule has 0 bridgehead atoms. The lowest BCUT2D eigenvalue weighted by Gasteiger charge is -2.21. The van der Waals surface area contributed by atoms with Crippen molar-refractivity contribution >= 4 is 0 Å². The van der Waals surface area contributed by atoms with Crippen molar-refractivity contribution in [3.8, 4) is 0 Å². The summed E-state index contributed by atoms with van der Waals surface area (Å²) in [4.78, 5) is 9.54. The summed E-state index contributed by atoms with van der Waals surface area (Å²) >= 11 is 0. The maximum atomic E-state index is 4.79. The van der Waals surface area contributed by atoms with Crippen LogP contribution in [0.5, 0.6) is 0 Å². The second kappa shape index (κ2) is 4.30. The van der Waals surface area contributed by atoms with Gasteiger partial charge in [0.15, 0.2) is 0 Å². The average Bonchev–Trinajstić information content (AvgIpc) is 2.21. The summed E-state index contributed by atoms with van der Waals surface area (Å²) in [5, 5.41) is 0. The van der Waals surface area contributed by atoms with E-state index in [0.717, 1.165) is 25.0 Å². The first-order chi connectivity index (χ1) is 7.22. The summed E-state index contributed by atoms with van der Waals surface area (Å²) < 4.78 is 0. The van der Waals surface area contributed by atoms with E-state index in [9.17, 15) is 0 Å². The molecule has 1 aliphatic carbocycles. The number of nitrogens with zero attached hydrogens (tertiary/aromatic N) is 2. The molecule has 1 heterocycles. The summed E-state index contributed by atoms with van der Waals surface area (Å²) in [5.74, 6) is 0.607. The number of aromatic nitrogens is 2. The first-order valence-corrected chi connectivity index (χ1v) is 6.08. The fourth-order valence-electron chi connectivity index (χ4n) is 2.38. The number of fused-ring (bicyclic) bond motifs is 1. The lowest BCUT2D eigenvalue weighted by molar-refractivity contribution is 0.554. The Bertz CT molecular complexity index is 358. The van der Waals surface area contributed by atoms with Gasteiger partial charge in [-0.2, -0.15) is 0 Å². The zero-order valence-corrected chi connectivity index (χ0v) is 10.0. The van der Waals surface area contributed by atoms with Crippen molar-refractivity contribution in [2.24, 2.45) is 0 Å². The van der Waals surface area contributed by atoms with Crippen LogP contribution in [0.3, 0.4) is 0 Å². The maximum absolute atomic E-state index is 4.79. The summed E-state index contributed by atoms with van der Waals surface area (Å²) in [6.07, 6.45) is 5.90. The van der Waals surface area contributed by atoms with E-state index in [-0.39, 0.29) is 0 Å². The standard InChI is InChI=1S/C13H20N2/c1-4-6-11-10(3)14-13-9(2)7-5-8-12(13)15-11/h9H,4-8H2,1-3H3. The van der Waals surface area contributed by atoms with Gasteiger partial charge in [-0.25, -0.2) is 0 Å². The average molecular weight is 204 g/mol. The van der Waals surface area contributed by atoms with Crippen LogP contribution in [0.15, 0.2) is 0 Å². The number of aryl methyl sites for hydroxylation is 3. The Morgan fingerprint density at radius 1 is 1.33 bits per heavy atom. The lowest BCUT2D eigenvalue weighted by Crippen LogP contribution is -2.14. The Morgan fingerprint density at radius 2 is 2.13 bits per heavy atom. The molecule has 1 aromatic heterocycles. The Balaban J connectivity index is 2.40. The summed E-state index contributed by atoms with van der Waals surface area (Å²) in [6, 6.07) is 0. The van der Waals surface area contributed by atoms with Gasteiger partial charge in [0.25, 0.3) is 0 Å². The largest absolute Gasteiger partial charge is 0.254 e. The molecule has 1 unspecified atom stereocenters. The van der Waals surface area contributed by atoms with E-state index in [0.29, 0.717) is 5.92 Å². The molecule has 2 rings (SSSR count). The monoisotopic (exact) mass is 204 g/mol. The highest BCUT2D eigenvalue weighted by atomic mass is 14.9. The van der Waals surface area contributed by atoms with Gasteiger partial charge < -0.3 is 0 Å². The van der Waals surface area contributed by atoms with Crippen molar-refractivity contribution in [2.45, 2.75) is 58.8 Å². The van der Waals surface area contributed by atoms with Crippen LogP contribution in [-0.2, 0) is 12.8 Å². The van der Waals surface area contributed by atoms with Gasteiger partial charge in [-0.1, -0.05) is 20.3 Å². The van der Waals surface area contributed by atoms with Crippen LogP contribution in [0.4, 0.5) is 0 Å². The Labute approximate surface area is 92.1 Å². The minimum absolute atomic E-state index is 0.607. The van der Waals surface area contributed by atoms with E-state index < -0.39 is 0 Å². The third-order valence-corrected chi connectivity index (χ3v) is 3.28. The van der Waals surface area contributed by atoms with Crippen LogP contribution < -0.4 is 0 Å². The van der Waals surface area contributed by atoms with Crippen molar-refractivity contribution in [2.75, 3.05) is 0 Å². The highest BCUT2D eigenvalue weighted by Crippen LogP contribution is 2.29. The summed E-state index contributed by atoms with van der Waals surface area (Å²) in [7, 11) is 0. The molecule has 0 aliphatic heterocycles. The van der Waals surface area contributed by atoms with Gasteiger partial charge in [0.2, 0.25) is 0 Å². The molecular formula is C13H20N2. The van der Waals surface area contributed by atoms with Crippen LogP contribution in [0.1, 0.15) is 61.8 Å². The minimum atomic E-state index is 0.607. The van der Waals surface area contributed by atoms with E-state index in [2.05, 4.69) is 20.8 Å². The molecule has 0 radical (unpaired) electrons. The highest BCUT2D eigenvalue weighted by molar-refractivity contribution is 5.24. The van der Waals surface area contributed by atoms with Gasteiger partial charge in [-0.05, 0) is 32.6 Å². The van der Waals surface area contributed by atoms with Crippen LogP contribution in [0, 0.1) is 6.92 Å². The topological polar surface area (TPSA) is 25.8 Å². The molecule has 1 aliphatic rings. The van der Waals surface area contributed by atoms with E-state index in [1.807, 2.05) is 0 Å². The molecule has 0 aromatic carbocycles. The van der Waals surface area contributed by atoms with Crippen LogP contribution in [-0.4, -0.2) is 9.97 Å². The summed E-state index contributed by atoms with van der Waals surface area (Å²) in [5.41, 5.74) is 4.89. The van der Waals surface area contributed by atoms with Crippen molar-refractivity contribution in [1.82, 2.24) is 9.97 Å². The number of hydrogen-bond donors (Lipinski definition) is 0. The van der Waals surface area contributed by atoms with Crippen molar-refractivity contribution in [3.05, 3.63) is 22.8 Å². The van der Waals surface area contributed by atoms with E-state index in [1.165, 1.54) is 29.9 Å². The third-order valence-electron chi connectivity index (χ3n) is 3.28. The number of rotatable bonds is 2. The molecule has 1 atom stereocenters. The lowest BCUT2D eigenvalue weighted by atomic mass is 9.90. The molecule has 0 saturated heterocycles. The van der Waals surface area contributed by atoms with Gasteiger partial charge >= 0.3 is 0 Å². The fourth-order valence-corrected chi connectivity index (χ4v) is 2.38. The predicted octanol–water partition coefficient (Wildman–Crippen LogP) is 3.18. The first-order valence-electron chi connectivity index (χ1n) is 6.08. The molecule has 2 nitrogen and oxygen atoms in total. The molecule has 0 N–H and O–H groups in total. The van der Waals surface area contributed by atoms with E-state index in [4.69, 9.17) is 9.97 Å². The zero-order valence-electron chi connectivity index (χ0n) is 10.0. The predicted molar refractivity (Wildman–Crippen MR) is 62.1 cm³/mol. The molecular weight excluding hydrogens is 184 g/mol. The Hall–Kier alpha value is -0.920. The summed E-state index contributed by atoms with van der Waals surface area (Å²) in [6.45, 7) is 6.56. The van der Waals surface area contributed by atoms with Crippen LogP contribution >= 0.6 is 0 Å². The molecule has 82 valence electrons. The second-order valence-corrected chi connectivity index (χ2v) is 4.63. The quantitative estimate of drug-likeness (QED) is 0.739. The maximum Gasteiger partial charge on any atom is 0.0650 e. The van der Waals surface area contributed by atoms with Crippen LogP contribution in [0.2, 0.25) is 0 Å². The van der Waals surface area contributed by atoms with Gasteiger partial charge in [-0.15, -0.1) is 0 Å². The second-order valence-electron chi connectivity index (χ2n) is 4.63. The zero-order chi connectivity index (χ0) is 10.8. The van der Waals surface area contributed by atoms with E-state index in [1.54, 1.807) is 0 Å². The molecule has 0 amide bonds. The molecule has 2 heteroatoms. The molecule has 15 heavy (non-hydrogen) atoms. The van der Waals surface area contributed by atoms with Gasteiger partial charge in [0.05, 0.1) is 22.8 Å². The molecule has 0 spiro atoms. The van der Waals surface area contributed by atoms with Gasteiger partial charge in [0, 0.05) is 5.92 Å². The Kier molecular flexibility index (Phi) is 3.03. The minimum Gasteiger partial charge on any atom is -0.254 e. The first kappa shape index (κ1) is 10.6. The molecule has 0 saturated carbocycles. The molecule has 1 aromatic rings. The van der Waals surface area contributed by atoms with Crippen molar-refractivity contribution in [3.63, 3.8) is 0 Å². The SMILES string of the molecule is CCCc1nc2c(nc1C)C(C)CCC2. The van der Waals surface area contributed by atoms with Crippen LogP contribution in [0.25, 0.3) is 0 Å². The van der Waals surface area contributed by atoms with Crippen molar-refractivity contribution in [1.29, 1.82) is 0 Å².